The molecule has 0 aliphatic heterocycles. The molecule has 0 atom stereocenters. The molecule has 1 amide bonds. The van der Waals surface area contributed by atoms with Crippen LogP contribution >= 0.6 is 0 Å². The molecular formula is C12H14N8O4S. The second kappa shape index (κ2) is 6.56. The van der Waals surface area contributed by atoms with Crippen molar-refractivity contribution < 1.29 is 13.2 Å². The molecule has 0 unspecified atom stereocenters. The molecule has 0 radical (unpaired) electrons. The number of rotatable bonds is 4. The van der Waals surface area contributed by atoms with Gasteiger partial charge in [-0.25, -0.2) is 4.79 Å². The van der Waals surface area contributed by atoms with Crippen molar-refractivity contribution in [3.8, 4) is 0 Å². The van der Waals surface area contributed by atoms with E-state index in [1.165, 1.54) is 31.2 Å². The second-order valence-corrected chi connectivity index (χ2v) is 6.35. The number of carbonyl (C=O) groups is 1. The van der Waals surface area contributed by atoms with Crippen molar-refractivity contribution in [2.75, 3.05) is 0 Å². The van der Waals surface area contributed by atoms with Gasteiger partial charge in [0.15, 0.2) is 5.69 Å². The minimum atomic E-state index is -4.01. The molecule has 13 heteroatoms. The third-order valence-corrected chi connectivity index (χ3v) is 4.21. The first-order valence-corrected chi connectivity index (χ1v) is 8.05. The number of aromatic nitrogens is 2. The molecule has 132 valence electrons. The van der Waals surface area contributed by atoms with Gasteiger partial charge in [0.2, 0.25) is 5.96 Å². The number of nitrogens with two attached hydrogens (primary N) is 3. The Kier molecular flexibility index (Phi) is 4.69. The Morgan fingerprint density at radius 1 is 1.12 bits per heavy atom. The van der Waals surface area contributed by atoms with E-state index in [1.807, 2.05) is 0 Å². The van der Waals surface area contributed by atoms with Gasteiger partial charge >= 0.3 is 11.6 Å². The molecule has 7 N–H and O–H groups in total. The third-order valence-electron chi connectivity index (χ3n) is 2.89. The average molecular weight is 366 g/mol. The number of hydrogen-bond acceptors (Lipinski definition) is 6. The van der Waals surface area contributed by atoms with Crippen LogP contribution in [-0.2, 0) is 10.0 Å². The molecule has 0 saturated carbocycles. The molecule has 2 aromatic rings. The maximum absolute atomic E-state index is 11.9. The van der Waals surface area contributed by atoms with Crippen molar-refractivity contribution in [2.24, 2.45) is 31.8 Å². The Balaban J connectivity index is 2.31. The molecule has 0 fully saturated rings. The summed E-state index contributed by atoms with van der Waals surface area (Å²) in [5.41, 5.74) is 14.8. The lowest BCUT2D eigenvalue weighted by atomic mass is 10.3. The number of sulfonamides is 1. The number of primary amides is 1. The van der Waals surface area contributed by atoms with Crippen molar-refractivity contribution >= 4 is 33.4 Å². The predicted octanol–water partition coefficient (Wildman–Crippen LogP) is -0.211. The Morgan fingerprint density at radius 2 is 1.72 bits per heavy atom. The lowest BCUT2D eigenvalue weighted by Crippen LogP contribution is -2.29. The summed E-state index contributed by atoms with van der Waals surface area (Å²) in [6.07, 6.45) is 0. The summed E-state index contributed by atoms with van der Waals surface area (Å²) < 4.78 is 27.3. The third kappa shape index (κ3) is 3.89. The van der Waals surface area contributed by atoms with E-state index in [2.05, 4.69) is 19.7 Å². The first-order chi connectivity index (χ1) is 11.6. The van der Waals surface area contributed by atoms with Gasteiger partial charge in [0.25, 0.3) is 10.0 Å². The molecule has 0 saturated heterocycles. The number of nitrogens with zero attached hydrogens (tertiary/aromatic N) is 4. The zero-order valence-electron chi connectivity index (χ0n) is 12.9. The molecule has 0 aliphatic carbocycles. The highest BCUT2D eigenvalue weighted by Gasteiger charge is 2.14. The molecule has 12 nitrogen and oxygen atoms in total. The number of guanidine groups is 1. The monoisotopic (exact) mass is 366 g/mol. The van der Waals surface area contributed by atoms with Crippen molar-refractivity contribution in [2.45, 2.75) is 11.8 Å². The number of aromatic amines is 1. The van der Waals surface area contributed by atoms with Gasteiger partial charge in [-0.2, -0.15) is 18.2 Å². The van der Waals surface area contributed by atoms with Crippen LogP contribution in [0, 0.1) is 6.92 Å². The lowest BCUT2D eigenvalue weighted by Gasteiger charge is -1.99. The van der Waals surface area contributed by atoms with Crippen LogP contribution in [0.3, 0.4) is 0 Å². The fourth-order valence-electron chi connectivity index (χ4n) is 1.79. The van der Waals surface area contributed by atoms with Gasteiger partial charge in [0, 0.05) is 0 Å². The predicted molar refractivity (Wildman–Crippen MR) is 88.4 cm³/mol. The summed E-state index contributed by atoms with van der Waals surface area (Å²) in [6.45, 7) is 1.51. The molecule has 1 heterocycles. The number of hydrogen-bond donors (Lipinski definition) is 4. The highest BCUT2D eigenvalue weighted by Crippen LogP contribution is 2.20. The highest BCUT2D eigenvalue weighted by atomic mass is 32.2. The van der Waals surface area contributed by atoms with Crippen molar-refractivity contribution in [1.82, 2.24) is 9.78 Å². The van der Waals surface area contributed by atoms with Crippen LogP contribution in [0.1, 0.15) is 5.69 Å². The van der Waals surface area contributed by atoms with Gasteiger partial charge < -0.3 is 17.2 Å². The zero-order valence-corrected chi connectivity index (χ0v) is 13.7. The van der Waals surface area contributed by atoms with E-state index in [0.717, 1.165) is 0 Å². The molecular weight excluding hydrogens is 352 g/mol. The lowest BCUT2D eigenvalue weighted by molar-refractivity contribution is 0.247. The van der Waals surface area contributed by atoms with Crippen molar-refractivity contribution in [3.63, 3.8) is 0 Å². The largest absolute Gasteiger partial charge is 0.369 e. The SMILES string of the molecule is Cc1[nH]n(C(N)=O)c(=O)c1N=Nc1ccc(S(=O)(=O)N=C(N)N)cc1. The molecule has 1 aromatic carbocycles. The molecule has 1 aromatic heterocycles. The molecule has 0 spiro atoms. The summed E-state index contributed by atoms with van der Waals surface area (Å²) in [5.74, 6) is -0.586. The van der Waals surface area contributed by atoms with Gasteiger partial charge in [-0.3, -0.25) is 9.89 Å². The van der Waals surface area contributed by atoms with E-state index in [0.29, 0.717) is 10.4 Å². The molecule has 0 bridgehead atoms. The summed E-state index contributed by atoms with van der Waals surface area (Å²) >= 11 is 0. The first kappa shape index (κ1) is 17.9. The van der Waals surface area contributed by atoms with Gasteiger partial charge in [-0.05, 0) is 31.2 Å². The van der Waals surface area contributed by atoms with Crippen molar-refractivity contribution in [1.29, 1.82) is 0 Å². The Morgan fingerprint density at radius 3 is 2.20 bits per heavy atom. The highest BCUT2D eigenvalue weighted by molar-refractivity contribution is 7.90. The number of H-pyrrole nitrogens is 1. The van der Waals surface area contributed by atoms with E-state index in [-0.39, 0.29) is 16.3 Å². The Labute approximate surface area is 141 Å². The van der Waals surface area contributed by atoms with E-state index >= 15 is 0 Å². The number of nitrogens with one attached hydrogen (secondary N) is 1. The summed E-state index contributed by atoms with van der Waals surface area (Å²) in [6, 6.07) is 4.15. The van der Waals surface area contributed by atoms with Crippen molar-refractivity contribution in [3.05, 3.63) is 40.3 Å². The minimum absolute atomic E-state index is 0.101. The molecule has 2 rings (SSSR count). The zero-order chi connectivity index (χ0) is 18.8. The van der Waals surface area contributed by atoms with Crippen LogP contribution in [-0.4, -0.2) is 30.2 Å². The smallest absolute Gasteiger partial charge is 0.341 e. The fourth-order valence-corrected chi connectivity index (χ4v) is 2.66. The Bertz CT molecular complexity index is 1030. The maximum Gasteiger partial charge on any atom is 0.341 e. The quantitative estimate of drug-likeness (QED) is 0.327. The number of aryl methyl sites for hydroxylation is 1. The van der Waals surface area contributed by atoms with Gasteiger partial charge in [0.1, 0.15) is 0 Å². The van der Waals surface area contributed by atoms with Crippen LogP contribution in [0.25, 0.3) is 0 Å². The number of benzene rings is 1. The van der Waals surface area contributed by atoms with Crippen LogP contribution in [0.5, 0.6) is 0 Å². The normalized spacial score (nSPS) is 11.6. The van der Waals surface area contributed by atoms with Gasteiger partial charge in [-0.15, -0.1) is 9.51 Å². The van der Waals surface area contributed by atoms with E-state index in [9.17, 15) is 18.0 Å². The van der Waals surface area contributed by atoms with Crippen LogP contribution in [0.15, 0.2) is 48.6 Å². The summed E-state index contributed by atoms with van der Waals surface area (Å²) in [7, 11) is -4.01. The van der Waals surface area contributed by atoms with E-state index in [1.54, 1.807) is 0 Å². The van der Waals surface area contributed by atoms with E-state index < -0.39 is 27.6 Å². The standard InChI is InChI=1S/C12H14N8O4S/c1-6-9(10(21)20(18-6)12(15)22)17-16-7-2-4-8(5-3-7)25(23,24)19-11(13)14/h2-5,18H,1H3,(H2,15,22)(H4,13,14,19). The molecule has 0 aliphatic rings. The van der Waals surface area contributed by atoms with Crippen LogP contribution in [0.4, 0.5) is 16.2 Å². The minimum Gasteiger partial charge on any atom is -0.369 e. The van der Waals surface area contributed by atoms with Gasteiger partial charge in [0.05, 0.1) is 16.3 Å². The average Bonchev–Trinajstić information content (AvgIpc) is 2.79. The van der Waals surface area contributed by atoms with E-state index in [4.69, 9.17) is 17.2 Å². The second-order valence-electron chi connectivity index (χ2n) is 4.75. The number of amides is 1. The Hall–Kier alpha value is -3.48. The van der Waals surface area contributed by atoms with Gasteiger partial charge in [-0.1, -0.05) is 0 Å². The summed E-state index contributed by atoms with van der Waals surface area (Å²) in [4.78, 5) is 22.8. The number of carbonyl (C=O) groups excluding carboxylic acids is 1. The van der Waals surface area contributed by atoms with Crippen LogP contribution in [0.2, 0.25) is 0 Å². The van der Waals surface area contributed by atoms with Crippen LogP contribution < -0.4 is 22.8 Å². The maximum atomic E-state index is 11.9. The fraction of sp³-hybridized carbons (Fsp3) is 0.0833. The number of azo groups is 1. The topological polar surface area (TPSA) is 204 Å². The molecule has 25 heavy (non-hydrogen) atoms. The first-order valence-electron chi connectivity index (χ1n) is 6.61. The summed E-state index contributed by atoms with van der Waals surface area (Å²) in [5, 5.41) is 10.0.